The number of hydrogen-bond donors (Lipinski definition) is 1. The number of likely N-dealkylation sites (tertiary alicyclic amines) is 1. The van der Waals surface area contributed by atoms with Gasteiger partial charge in [-0.05, 0) is 62.6 Å². The third-order valence-electron chi connectivity index (χ3n) is 5.53. The third kappa shape index (κ3) is 6.71. The van der Waals surface area contributed by atoms with E-state index in [0.29, 0.717) is 24.2 Å². The molecule has 0 unspecified atom stereocenters. The molecule has 0 bridgehead atoms. The van der Waals surface area contributed by atoms with Gasteiger partial charge < -0.3 is 14.9 Å². The Balaban J connectivity index is 0.00000363. The number of carbonyl (C=O) groups is 1. The first-order valence-corrected chi connectivity index (χ1v) is 12.0. The second-order valence-electron chi connectivity index (χ2n) is 7.95. The van der Waals surface area contributed by atoms with E-state index in [2.05, 4.69) is 26.1 Å². The summed E-state index contributed by atoms with van der Waals surface area (Å²) < 4.78 is 32.8. The molecule has 1 aliphatic rings. The van der Waals surface area contributed by atoms with E-state index in [0.717, 1.165) is 37.1 Å². The Morgan fingerprint density at radius 2 is 1.75 bits per heavy atom. The van der Waals surface area contributed by atoms with E-state index in [1.165, 1.54) is 15.2 Å². The molecule has 3 rings (SSSR count). The molecule has 1 fully saturated rings. The Hall–Kier alpha value is -1.59. The van der Waals surface area contributed by atoms with Crippen molar-refractivity contribution in [3.8, 4) is 0 Å². The van der Waals surface area contributed by atoms with Gasteiger partial charge in [-0.15, -0.1) is 0 Å². The van der Waals surface area contributed by atoms with Crippen LogP contribution in [0.15, 0.2) is 30.6 Å². The normalized spacial score (nSPS) is 15.1. The Labute approximate surface area is 213 Å². The van der Waals surface area contributed by atoms with Crippen molar-refractivity contribution in [2.75, 3.05) is 29.8 Å². The van der Waals surface area contributed by atoms with Crippen molar-refractivity contribution in [3.05, 3.63) is 46.4 Å². The summed E-state index contributed by atoms with van der Waals surface area (Å²) in [6.45, 7) is 5.60. The second kappa shape index (κ2) is 11.5. The van der Waals surface area contributed by atoms with Crippen LogP contribution in [0.5, 0.6) is 0 Å². The van der Waals surface area contributed by atoms with Crippen LogP contribution in [-0.2, 0) is 30.1 Å². The minimum Gasteiger partial charge on any atom is -0.424 e. The molecule has 1 aromatic heterocycles. The fraction of sp³-hybridized carbons (Fsp3) is 0.524. The maximum atomic E-state index is 13.2. The second-order valence-corrected chi connectivity index (χ2v) is 9.42. The summed E-state index contributed by atoms with van der Waals surface area (Å²) in [4.78, 5) is 14.7. The van der Waals surface area contributed by atoms with E-state index >= 15 is 0 Å². The minimum atomic E-state index is -4.26. The largest absolute Gasteiger partial charge is 1.00 e. The zero-order chi connectivity index (χ0) is 22.6. The van der Waals surface area contributed by atoms with Gasteiger partial charge in [-0.2, -0.15) is 5.10 Å². The topological polar surface area (TPSA) is 102 Å². The van der Waals surface area contributed by atoms with Gasteiger partial charge >= 0.3 is 29.6 Å². The monoisotopic (exact) mass is 470 g/mol. The maximum absolute atomic E-state index is 13.2. The molecular weight excluding hydrogens is 439 g/mol. The standard InChI is InChI=1S/C21H32N6O3S.Na/c1-5-16-11-17(6-2)13-18(12-16)23-21(28)24-31(29,30)27(20-14-22-26(4)15-20)19-7-9-25(3)10-8-19;/h11-15,19H,5-10H2,1-4H3,(H2,23,24,28);/q;+1/p-1. The molecular formula is C21H31N6NaO3S. The summed E-state index contributed by atoms with van der Waals surface area (Å²) >= 11 is 0. The fourth-order valence-electron chi connectivity index (χ4n) is 3.82. The van der Waals surface area contributed by atoms with Crippen molar-refractivity contribution in [2.24, 2.45) is 7.05 Å². The van der Waals surface area contributed by atoms with E-state index in [1.807, 2.05) is 33.0 Å². The van der Waals surface area contributed by atoms with Crippen molar-refractivity contribution in [1.82, 2.24) is 14.7 Å². The molecule has 2 heterocycles. The molecule has 9 nitrogen and oxygen atoms in total. The van der Waals surface area contributed by atoms with Crippen molar-refractivity contribution < 1.29 is 42.8 Å². The Morgan fingerprint density at radius 1 is 1.16 bits per heavy atom. The van der Waals surface area contributed by atoms with E-state index in [9.17, 15) is 13.2 Å². The van der Waals surface area contributed by atoms with E-state index in [-0.39, 0.29) is 35.6 Å². The predicted octanol–water partition coefficient (Wildman–Crippen LogP) is 0.300. The molecule has 1 saturated heterocycles. The predicted molar refractivity (Wildman–Crippen MR) is 123 cm³/mol. The van der Waals surface area contributed by atoms with Crippen LogP contribution in [0.2, 0.25) is 0 Å². The number of carbonyl (C=O) groups excluding carboxylic acids is 1. The summed E-state index contributed by atoms with van der Waals surface area (Å²) in [5, 5.41) is 6.73. The Kier molecular flexibility index (Phi) is 9.59. The van der Waals surface area contributed by atoms with Gasteiger partial charge in [-0.1, -0.05) is 32.0 Å². The molecule has 2 amide bonds. The van der Waals surface area contributed by atoms with Crippen LogP contribution < -0.4 is 39.2 Å². The van der Waals surface area contributed by atoms with Gasteiger partial charge in [-0.25, -0.2) is 8.42 Å². The average Bonchev–Trinajstić information content (AvgIpc) is 3.14. The average molecular weight is 471 g/mol. The summed E-state index contributed by atoms with van der Waals surface area (Å²) in [6, 6.07) is 4.58. The Bertz CT molecular complexity index is 996. The molecule has 170 valence electrons. The third-order valence-corrected chi connectivity index (χ3v) is 6.94. The van der Waals surface area contributed by atoms with Gasteiger partial charge in [0.25, 0.3) is 10.2 Å². The van der Waals surface area contributed by atoms with Gasteiger partial charge in [0.05, 0.1) is 11.9 Å². The van der Waals surface area contributed by atoms with Crippen LogP contribution in [0.3, 0.4) is 0 Å². The van der Waals surface area contributed by atoms with Crippen LogP contribution in [-0.4, -0.2) is 55.3 Å². The van der Waals surface area contributed by atoms with Crippen LogP contribution in [0.1, 0.15) is 37.8 Å². The number of hydrogen-bond acceptors (Lipinski definition) is 5. The van der Waals surface area contributed by atoms with Crippen LogP contribution >= 0.6 is 0 Å². The number of benzene rings is 1. The van der Waals surface area contributed by atoms with Crippen molar-refractivity contribution in [1.29, 1.82) is 0 Å². The molecule has 1 aliphatic heterocycles. The number of nitrogens with zero attached hydrogens (tertiary/aromatic N) is 5. The minimum absolute atomic E-state index is 0. The van der Waals surface area contributed by atoms with Gasteiger partial charge in [0.1, 0.15) is 0 Å². The molecule has 0 spiro atoms. The molecule has 32 heavy (non-hydrogen) atoms. The summed E-state index contributed by atoms with van der Waals surface area (Å²) in [5.74, 6) is 0. The van der Waals surface area contributed by atoms with Crippen LogP contribution in [0.4, 0.5) is 16.2 Å². The zero-order valence-electron chi connectivity index (χ0n) is 19.6. The number of aryl methyl sites for hydroxylation is 3. The molecule has 0 saturated carbocycles. The maximum Gasteiger partial charge on any atom is 1.00 e. The molecule has 0 atom stereocenters. The summed E-state index contributed by atoms with van der Waals surface area (Å²) in [7, 11) is -0.529. The molecule has 1 aromatic carbocycles. The van der Waals surface area contributed by atoms with Crippen molar-refractivity contribution >= 4 is 27.6 Å². The molecule has 1 N–H and O–H groups in total. The van der Waals surface area contributed by atoms with Crippen LogP contribution in [0, 0.1) is 0 Å². The molecule has 0 radical (unpaired) electrons. The van der Waals surface area contributed by atoms with Gasteiger partial charge in [-0.3, -0.25) is 13.8 Å². The summed E-state index contributed by atoms with van der Waals surface area (Å²) in [5.41, 5.74) is 3.10. The number of amides is 2. The zero-order valence-corrected chi connectivity index (χ0v) is 22.4. The summed E-state index contributed by atoms with van der Waals surface area (Å²) in [6.07, 6.45) is 6.05. The number of urea groups is 1. The first kappa shape index (κ1) is 26.7. The van der Waals surface area contributed by atoms with Gasteiger partial charge in [0.2, 0.25) is 0 Å². The van der Waals surface area contributed by atoms with Crippen molar-refractivity contribution in [3.63, 3.8) is 0 Å². The first-order valence-electron chi connectivity index (χ1n) is 10.6. The molecule has 2 aromatic rings. The van der Waals surface area contributed by atoms with Crippen molar-refractivity contribution in [2.45, 2.75) is 45.6 Å². The molecule has 0 aliphatic carbocycles. The van der Waals surface area contributed by atoms with E-state index in [4.69, 9.17) is 0 Å². The fourth-order valence-corrected chi connectivity index (χ4v) is 5.11. The smallest absolute Gasteiger partial charge is 0.424 e. The number of nitrogens with one attached hydrogen (secondary N) is 1. The first-order chi connectivity index (χ1) is 14.7. The SMILES string of the molecule is CCc1cc(CC)cc(NC(=O)[N-]S(=O)(=O)N(c2cnn(C)c2)C2CCN(C)CC2)c1.[Na+]. The van der Waals surface area contributed by atoms with Crippen LogP contribution in [0.25, 0.3) is 4.72 Å². The molecule has 11 heteroatoms. The Morgan fingerprint density at radius 3 is 2.25 bits per heavy atom. The number of piperidine rings is 1. The van der Waals surface area contributed by atoms with E-state index < -0.39 is 16.2 Å². The van der Waals surface area contributed by atoms with Gasteiger partial charge in [0, 0.05) is 19.3 Å². The quantitative estimate of drug-likeness (QED) is 0.587. The number of rotatable bonds is 7. The number of aromatic nitrogens is 2. The van der Waals surface area contributed by atoms with E-state index in [1.54, 1.807) is 13.2 Å². The number of anilines is 2. The van der Waals surface area contributed by atoms with Gasteiger partial charge in [0.15, 0.2) is 6.03 Å².